The summed E-state index contributed by atoms with van der Waals surface area (Å²) >= 11 is 0. The van der Waals surface area contributed by atoms with Crippen LogP contribution in [-0.2, 0) is 27.4 Å². The van der Waals surface area contributed by atoms with Gasteiger partial charge in [0.15, 0.2) is 6.61 Å². The van der Waals surface area contributed by atoms with E-state index in [1.807, 2.05) is 107 Å². The smallest absolute Gasteiger partial charge is 0.408 e. The molecule has 0 aliphatic carbocycles. The van der Waals surface area contributed by atoms with Crippen LogP contribution in [0.25, 0.3) is 0 Å². The first-order valence-electron chi connectivity index (χ1n) is 15.5. The summed E-state index contributed by atoms with van der Waals surface area (Å²) in [6.07, 6.45) is -0.487. The van der Waals surface area contributed by atoms with Crippen LogP contribution in [0.2, 0.25) is 0 Å². The molecule has 0 saturated heterocycles. The van der Waals surface area contributed by atoms with Crippen molar-refractivity contribution in [1.29, 1.82) is 0 Å². The second kappa shape index (κ2) is 17.8. The van der Waals surface area contributed by atoms with Crippen LogP contribution in [0.1, 0.15) is 55.9 Å². The van der Waals surface area contributed by atoms with Crippen molar-refractivity contribution in [2.24, 2.45) is 5.92 Å². The number of para-hydroxylation sites is 1. The Labute approximate surface area is 266 Å². The lowest BCUT2D eigenvalue weighted by Crippen LogP contribution is -2.52. The second-order valence-electron chi connectivity index (χ2n) is 11.9. The molecule has 0 aliphatic rings. The van der Waals surface area contributed by atoms with E-state index in [0.29, 0.717) is 18.6 Å². The largest absolute Gasteiger partial charge is 0.483 e. The zero-order chi connectivity index (χ0) is 32.8. The molecular weight excluding hydrogens is 570 g/mol. The second-order valence-corrected chi connectivity index (χ2v) is 11.9. The van der Waals surface area contributed by atoms with Gasteiger partial charge in [-0.15, -0.1) is 0 Å². The Morgan fingerprint density at radius 1 is 0.756 bits per heavy atom. The molecule has 3 unspecified atom stereocenters. The molecule has 0 saturated carbocycles. The first kappa shape index (κ1) is 35.1. The van der Waals surface area contributed by atoms with E-state index in [-0.39, 0.29) is 31.5 Å². The highest BCUT2D eigenvalue weighted by molar-refractivity contribution is 5.85. The predicted molar refractivity (Wildman–Crippen MR) is 175 cm³/mol. The van der Waals surface area contributed by atoms with Crippen molar-refractivity contribution in [3.05, 3.63) is 101 Å². The maximum absolute atomic E-state index is 13.1. The highest BCUT2D eigenvalue weighted by atomic mass is 16.5. The highest BCUT2D eigenvalue weighted by Crippen LogP contribution is 2.22. The molecule has 3 rings (SSSR count). The number of nitrogens with one attached hydrogen (secondary N) is 3. The lowest BCUT2D eigenvalue weighted by Gasteiger charge is -2.30. The molecule has 4 atom stereocenters. The number of rotatable bonds is 16. The van der Waals surface area contributed by atoms with Gasteiger partial charge in [0.1, 0.15) is 18.4 Å². The Hall–Kier alpha value is -4.37. The quantitative estimate of drug-likeness (QED) is 0.179. The van der Waals surface area contributed by atoms with E-state index < -0.39 is 36.2 Å². The molecule has 0 aliphatic heterocycles. The summed E-state index contributed by atoms with van der Waals surface area (Å²) in [6, 6.07) is 22.8. The fourth-order valence-corrected chi connectivity index (χ4v) is 5.14. The van der Waals surface area contributed by atoms with Crippen molar-refractivity contribution in [2.45, 2.75) is 84.7 Å². The van der Waals surface area contributed by atoms with Crippen molar-refractivity contribution in [3.8, 4) is 5.75 Å². The van der Waals surface area contributed by atoms with Crippen LogP contribution in [0, 0.1) is 19.8 Å². The van der Waals surface area contributed by atoms with Gasteiger partial charge in [-0.25, -0.2) is 4.79 Å². The molecular formula is C36H47N3O6. The van der Waals surface area contributed by atoms with Crippen LogP contribution < -0.4 is 20.7 Å². The lowest BCUT2D eigenvalue weighted by molar-refractivity contribution is -0.125. The zero-order valence-corrected chi connectivity index (χ0v) is 26.9. The normalized spacial score (nSPS) is 13.7. The molecule has 9 heteroatoms. The van der Waals surface area contributed by atoms with Gasteiger partial charge < -0.3 is 30.5 Å². The Bertz CT molecular complexity index is 1350. The Morgan fingerprint density at radius 3 is 1.96 bits per heavy atom. The first-order valence-corrected chi connectivity index (χ1v) is 15.5. The molecule has 3 amide bonds. The minimum Gasteiger partial charge on any atom is -0.483 e. The topological polar surface area (TPSA) is 126 Å². The van der Waals surface area contributed by atoms with Crippen molar-refractivity contribution >= 4 is 17.9 Å². The number of aliphatic hydroxyl groups excluding tert-OH is 1. The summed E-state index contributed by atoms with van der Waals surface area (Å²) in [4.78, 5) is 38.5. The molecule has 242 valence electrons. The number of alkyl carbamates (subject to hydrolysis) is 1. The van der Waals surface area contributed by atoms with Gasteiger partial charge in [-0.2, -0.15) is 0 Å². The van der Waals surface area contributed by atoms with Crippen LogP contribution in [0.3, 0.4) is 0 Å². The highest BCUT2D eigenvalue weighted by Gasteiger charge is 2.28. The maximum atomic E-state index is 13.1. The van der Waals surface area contributed by atoms with Gasteiger partial charge in [0.25, 0.3) is 5.91 Å². The number of aryl methyl sites for hydroxylation is 2. The van der Waals surface area contributed by atoms with Gasteiger partial charge >= 0.3 is 6.09 Å². The van der Waals surface area contributed by atoms with Gasteiger partial charge in [-0.1, -0.05) is 92.7 Å². The van der Waals surface area contributed by atoms with E-state index in [9.17, 15) is 19.5 Å². The van der Waals surface area contributed by atoms with Crippen molar-refractivity contribution < 1.29 is 29.0 Å². The van der Waals surface area contributed by atoms with Crippen LogP contribution in [0.5, 0.6) is 5.75 Å². The predicted octanol–water partition coefficient (Wildman–Crippen LogP) is 5.01. The van der Waals surface area contributed by atoms with E-state index in [0.717, 1.165) is 22.3 Å². The van der Waals surface area contributed by atoms with Crippen molar-refractivity contribution in [1.82, 2.24) is 16.0 Å². The Kier molecular flexibility index (Phi) is 13.9. The fourth-order valence-electron chi connectivity index (χ4n) is 5.14. The first-order chi connectivity index (χ1) is 21.5. The molecule has 9 nitrogen and oxygen atoms in total. The number of carbonyl (C=O) groups excluding carboxylic acids is 3. The standard InChI is InChI=1S/C36H47N3O6/c1-24(2)19-30(38-35(42)27(5)37-36(43)45-22-29-17-10-7-11-18-29)21-32(40)31(20-28-15-8-6-9-16-28)39-33(41)23-44-34-25(3)13-12-14-26(34)4/h6-18,24,27,30-32,40H,19-23H2,1-5H3,(H,37,43)(H,38,42)(H,39,41)/t27-,30?,31?,32?/m0/s1. The number of hydrogen-bond donors (Lipinski definition) is 4. The Balaban J connectivity index is 1.63. The summed E-state index contributed by atoms with van der Waals surface area (Å²) < 4.78 is 11.1. The number of benzene rings is 3. The molecule has 0 heterocycles. The fraction of sp³-hybridized carbons (Fsp3) is 0.417. The minimum absolute atomic E-state index is 0.0906. The number of amides is 3. The van der Waals surface area contributed by atoms with Crippen molar-refractivity contribution in [3.63, 3.8) is 0 Å². The molecule has 0 aromatic heterocycles. The SMILES string of the molecule is Cc1cccc(C)c1OCC(=O)NC(Cc1ccccc1)C(O)CC(CC(C)C)NC(=O)[C@H](C)NC(=O)OCc1ccccc1. The third kappa shape index (κ3) is 12.3. The Morgan fingerprint density at radius 2 is 1.36 bits per heavy atom. The third-order valence-corrected chi connectivity index (χ3v) is 7.43. The monoisotopic (exact) mass is 617 g/mol. The van der Waals surface area contributed by atoms with E-state index in [2.05, 4.69) is 16.0 Å². The summed E-state index contributed by atoms with van der Waals surface area (Å²) in [7, 11) is 0. The lowest BCUT2D eigenvalue weighted by atomic mass is 9.92. The van der Waals surface area contributed by atoms with Crippen LogP contribution in [0.15, 0.2) is 78.9 Å². The van der Waals surface area contributed by atoms with Gasteiger partial charge in [0.05, 0.1) is 12.1 Å². The number of aliphatic hydroxyl groups is 1. The van der Waals surface area contributed by atoms with Crippen LogP contribution >= 0.6 is 0 Å². The minimum atomic E-state index is -0.975. The number of hydrogen-bond acceptors (Lipinski definition) is 6. The van der Waals surface area contributed by atoms with Gasteiger partial charge in [-0.3, -0.25) is 9.59 Å². The number of ether oxygens (including phenoxy) is 2. The van der Waals surface area contributed by atoms with Gasteiger partial charge in [0.2, 0.25) is 5.91 Å². The van der Waals surface area contributed by atoms with Gasteiger partial charge in [0, 0.05) is 6.04 Å². The van der Waals surface area contributed by atoms with Crippen molar-refractivity contribution in [2.75, 3.05) is 6.61 Å². The van der Waals surface area contributed by atoms with E-state index in [1.54, 1.807) is 6.92 Å². The van der Waals surface area contributed by atoms with E-state index in [1.165, 1.54) is 0 Å². The van der Waals surface area contributed by atoms with Gasteiger partial charge in [-0.05, 0) is 68.2 Å². The molecule has 3 aromatic rings. The average Bonchev–Trinajstić information content (AvgIpc) is 3.00. The number of carbonyl (C=O) groups is 3. The zero-order valence-electron chi connectivity index (χ0n) is 26.9. The summed E-state index contributed by atoms with van der Waals surface area (Å²) in [6.45, 7) is 9.39. The van der Waals surface area contributed by atoms with E-state index in [4.69, 9.17) is 9.47 Å². The maximum Gasteiger partial charge on any atom is 0.408 e. The molecule has 45 heavy (non-hydrogen) atoms. The average molecular weight is 618 g/mol. The van der Waals surface area contributed by atoms with E-state index >= 15 is 0 Å². The summed E-state index contributed by atoms with van der Waals surface area (Å²) in [5.41, 5.74) is 3.66. The molecule has 0 radical (unpaired) electrons. The summed E-state index contributed by atoms with van der Waals surface area (Å²) in [5.74, 6) is 0.137. The van der Waals surface area contributed by atoms with Crippen LogP contribution in [-0.4, -0.2) is 53.9 Å². The van der Waals surface area contributed by atoms with Crippen LogP contribution in [0.4, 0.5) is 4.79 Å². The third-order valence-electron chi connectivity index (χ3n) is 7.43. The molecule has 4 N–H and O–H groups in total. The summed E-state index contributed by atoms with van der Waals surface area (Å²) in [5, 5.41) is 20.0. The molecule has 0 spiro atoms. The molecule has 3 aromatic carbocycles. The molecule has 0 fully saturated rings. The molecule has 0 bridgehead atoms.